The molecule has 1 saturated heterocycles. The van der Waals surface area contributed by atoms with Crippen LogP contribution in [0, 0.1) is 0 Å². The molecular formula is C14H17ClN2O3. The SMILES string of the molecule is CCC1C(=O)NCC(=O)N1Cc1c(Cl)cccc1OC. The first-order valence-electron chi connectivity index (χ1n) is 6.47. The molecular weight excluding hydrogens is 280 g/mol. The number of rotatable bonds is 4. The number of carbonyl (C=O) groups excluding carboxylic acids is 2. The lowest BCUT2D eigenvalue weighted by Crippen LogP contribution is -2.57. The Kier molecular flexibility index (Phi) is 4.49. The summed E-state index contributed by atoms with van der Waals surface area (Å²) in [5.74, 6) is 0.377. The van der Waals surface area contributed by atoms with E-state index in [1.165, 1.54) is 0 Å². The van der Waals surface area contributed by atoms with Crippen molar-refractivity contribution in [3.63, 3.8) is 0 Å². The number of halogens is 1. The molecule has 0 spiro atoms. The molecule has 1 aromatic rings. The minimum absolute atomic E-state index is 0.0299. The molecule has 0 radical (unpaired) electrons. The third-order valence-corrected chi connectivity index (χ3v) is 3.78. The Bertz CT molecular complexity index is 533. The summed E-state index contributed by atoms with van der Waals surface area (Å²) in [6.45, 7) is 2.18. The van der Waals surface area contributed by atoms with Crippen LogP contribution in [0.4, 0.5) is 0 Å². The van der Waals surface area contributed by atoms with Gasteiger partial charge in [-0.25, -0.2) is 0 Å². The predicted molar refractivity (Wildman–Crippen MR) is 75.6 cm³/mol. The van der Waals surface area contributed by atoms with Crippen LogP contribution in [0.1, 0.15) is 18.9 Å². The molecule has 1 atom stereocenters. The van der Waals surface area contributed by atoms with Crippen LogP contribution in [0.5, 0.6) is 5.75 Å². The fourth-order valence-corrected chi connectivity index (χ4v) is 2.58. The molecule has 1 aliphatic heterocycles. The Balaban J connectivity index is 2.31. The predicted octanol–water partition coefficient (Wildman–Crippen LogP) is 1.59. The second kappa shape index (κ2) is 6.13. The van der Waals surface area contributed by atoms with E-state index in [1.54, 1.807) is 30.2 Å². The molecule has 1 fully saturated rings. The van der Waals surface area contributed by atoms with Gasteiger partial charge in [-0.1, -0.05) is 24.6 Å². The zero-order chi connectivity index (χ0) is 14.7. The van der Waals surface area contributed by atoms with Crippen LogP contribution in [0.2, 0.25) is 5.02 Å². The van der Waals surface area contributed by atoms with Crippen molar-refractivity contribution in [3.8, 4) is 5.75 Å². The number of carbonyl (C=O) groups is 2. The van der Waals surface area contributed by atoms with Gasteiger partial charge in [0.25, 0.3) is 0 Å². The fraction of sp³-hybridized carbons (Fsp3) is 0.429. The quantitative estimate of drug-likeness (QED) is 0.918. The highest BCUT2D eigenvalue weighted by Gasteiger charge is 2.33. The van der Waals surface area contributed by atoms with E-state index in [0.29, 0.717) is 17.2 Å². The summed E-state index contributed by atoms with van der Waals surface area (Å²) < 4.78 is 5.28. The molecule has 1 aliphatic rings. The number of ether oxygens (including phenoxy) is 1. The Morgan fingerprint density at radius 2 is 2.20 bits per heavy atom. The second-order valence-electron chi connectivity index (χ2n) is 4.58. The summed E-state index contributed by atoms with van der Waals surface area (Å²) in [6.07, 6.45) is 0.560. The summed E-state index contributed by atoms with van der Waals surface area (Å²) in [5.41, 5.74) is 0.721. The van der Waals surface area contributed by atoms with Crippen molar-refractivity contribution in [1.82, 2.24) is 10.2 Å². The number of methoxy groups -OCH3 is 1. The van der Waals surface area contributed by atoms with Crippen LogP contribution in [0.25, 0.3) is 0 Å². The lowest BCUT2D eigenvalue weighted by atomic mass is 10.1. The van der Waals surface area contributed by atoms with Gasteiger partial charge in [0, 0.05) is 10.6 Å². The minimum Gasteiger partial charge on any atom is -0.496 e. The first-order chi connectivity index (χ1) is 9.58. The molecule has 0 bridgehead atoms. The maximum absolute atomic E-state index is 12.1. The summed E-state index contributed by atoms with van der Waals surface area (Å²) in [7, 11) is 1.55. The van der Waals surface area contributed by atoms with E-state index in [9.17, 15) is 9.59 Å². The molecule has 1 unspecified atom stereocenters. The molecule has 1 heterocycles. The van der Waals surface area contributed by atoms with E-state index in [4.69, 9.17) is 16.3 Å². The van der Waals surface area contributed by atoms with Crippen molar-refractivity contribution in [1.29, 1.82) is 0 Å². The molecule has 0 aliphatic carbocycles. The molecule has 0 saturated carbocycles. The zero-order valence-electron chi connectivity index (χ0n) is 11.5. The van der Waals surface area contributed by atoms with Gasteiger partial charge in [0.05, 0.1) is 20.2 Å². The number of amides is 2. The van der Waals surface area contributed by atoms with Crippen LogP contribution in [-0.4, -0.2) is 36.4 Å². The number of nitrogens with one attached hydrogen (secondary N) is 1. The van der Waals surface area contributed by atoms with Crippen LogP contribution in [-0.2, 0) is 16.1 Å². The van der Waals surface area contributed by atoms with Gasteiger partial charge < -0.3 is 15.0 Å². The first kappa shape index (κ1) is 14.7. The lowest BCUT2D eigenvalue weighted by Gasteiger charge is -2.34. The average molecular weight is 297 g/mol. The lowest BCUT2D eigenvalue weighted by molar-refractivity contribution is -0.146. The van der Waals surface area contributed by atoms with Gasteiger partial charge in [-0.15, -0.1) is 0 Å². The van der Waals surface area contributed by atoms with Crippen molar-refractivity contribution >= 4 is 23.4 Å². The van der Waals surface area contributed by atoms with Gasteiger partial charge in [-0.3, -0.25) is 9.59 Å². The molecule has 2 amide bonds. The molecule has 5 nitrogen and oxygen atoms in total. The molecule has 2 rings (SSSR count). The van der Waals surface area contributed by atoms with Gasteiger partial charge >= 0.3 is 0 Å². The highest BCUT2D eigenvalue weighted by Crippen LogP contribution is 2.29. The van der Waals surface area contributed by atoms with Gasteiger partial charge in [0.1, 0.15) is 11.8 Å². The Morgan fingerprint density at radius 1 is 1.45 bits per heavy atom. The number of hydrogen-bond donors (Lipinski definition) is 1. The third kappa shape index (κ3) is 2.72. The van der Waals surface area contributed by atoms with Crippen LogP contribution in [0.15, 0.2) is 18.2 Å². The van der Waals surface area contributed by atoms with Crippen molar-refractivity contribution in [3.05, 3.63) is 28.8 Å². The third-order valence-electron chi connectivity index (χ3n) is 3.42. The topological polar surface area (TPSA) is 58.6 Å². The monoisotopic (exact) mass is 296 g/mol. The molecule has 6 heteroatoms. The highest BCUT2D eigenvalue weighted by molar-refractivity contribution is 6.31. The van der Waals surface area contributed by atoms with E-state index in [-0.39, 0.29) is 24.9 Å². The smallest absolute Gasteiger partial charge is 0.243 e. The van der Waals surface area contributed by atoms with Crippen molar-refractivity contribution in [2.75, 3.05) is 13.7 Å². The Hall–Kier alpha value is -1.75. The second-order valence-corrected chi connectivity index (χ2v) is 4.99. The molecule has 1 N–H and O–H groups in total. The molecule has 1 aromatic carbocycles. The summed E-state index contributed by atoms with van der Waals surface area (Å²) in [4.78, 5) is 25.5. The van der Waals surface area contributed by atoms with Gasteiger partial charge in [-0.2, -0.15) is 0 Å². The molecule has 108 valence electrons. The summed E-state index contributed by atoms with van der Waals surface area (Å²) in [6, 6.07) is 4.86. The van der Waals surface area contributed by atoms with E-state index >= 15 is 0 Å². The Labute approximate surface area is 122 Å². The maximum atomic E-state index is 12.1. The van der Waals surface area contributed by atoms with Crippen LogP contribution in [0.3, 0.4) is 0 Å². The van der Waals surface area contributed by atoms with E-state index in [1.807, 2.05) is 6.92 Å². The number of hydrogen-bond acceptors (Lipinski definition) is 3. The van der Waals surface area contributed by atoms with E-state index < -0.39 is 6.04 Å². The normalized spacial score (nSPS) is 18.9. The van der Waals surface area contributed by atoms with Crippen molar-refractivity contribution in [2.24, 2.45) is 0 Å². The fourth-order valence-electron chi connectivity index (χ4n) is 2.36. The highest BCUT2D eigenvalue weighted by atomic mass is 35.5. The summed E-state index contributed by atoms with van der Waals surface area (Å²) in [5, 5.41) is 3.12. The van der Waals surface area contributed by atoms with Crippen LogP contribution >= 0.6 is 11.6 Å². The molecule has 0 aromatic heterocycles. The minimum atomic E-state index is -0.461. The molecule has 20 heavy (non-hydrogen) atoms. The first-order valence-corrected chi connectivity index (χ1v) is 6.84. The average Bonchev–Trinajstić information content (AvgIpc) is 2.45. The Morgan fingerprint density at radius 3 is 2.85 bits per heavy atom. The van der Waals surface area contributed by atoms with Crippen molar-refractivity contribution in [2.45, 2.75) is 25.9 Å². The maximum Gasteiger partial charge on any atom is 0.243 e. The van der Waals surface area contributed by atoms with Gasteiger partial charge in [0.15, 0.2) is 0 Å². The van der Waals surface area contributed by atoms with Gasteiger partial charge in [0.2, 0.25) is 11.8 Å². The number of piperazine rings is 1. The van der Waals surface area contributed by atoms with E-state index in [0.717, 1.165) is 5.56 Å². The largest absolute Gasteiger partial charge is 0.496 e. The van der Waals surface area contributed by atoms with E-state index in [2.05, 4.69) is 5.32 Å². The standard InChI is InChI=1S/C14H17ClN2O3/c1-3-11-14(19)16-7-13(18)17(11)8-9-10(15)5-4-6-12(9)20-2/h4-6,11H,3,7-8H2,1-2H3,(H,16,19). The number of benzene rings is 1. The van der Waals surface area contributed by atoms with Gasteiger partial charge in [-0.05, 0) is 18.6 Å². The summed E-state index contributed by atoms with van der Waals surface area (Å²) >= 11 is 6.18. The van der Waals surface area contributed by atoms with Crippen LogP contribution < -0.4 is 10.1 Å². The van der Waals surface area contributed by atoms with Crippen molar-refractivity contribution < 1.29 is 14.3 Å². The zero-order valence-corrected chi connectivity index (χ0v) is 12.2. The number of nitrogens with zero attached hydrogens (tertiary/aromatic N) is 1.